The molecule has 66 heavy (non-hydrogen) atoms. The molecule has 12 rings (SSSR count). The van der Waals surface area contributed by atoms with Gasteiger partial charge in [-0.3, -0.25) is 0 Å². The molecule has 0 fully saturated rings. The summed E-state index contributed by atoms with van der Waals surface area (Å²) in [7, 11) is 0. The number of allylic oxidation sites excluding steroid dienone is 16. The average molecular weight is 865 g/mol. The first-order valence-electron chi connectivity index (χ1n) is 25.1. The van der Waals surface area contributed by atoms with Gasteiger partial charge in [0.15, 0.2) is 0 Å². The second kappa shape index (κ2) is 16.9. The van der Waals surface area contributed by atoms with Crippen LogP contribution in [-0.2, 0) is 0 Å². The molecule has 0 radical (unpaired) electrons. The predicted molar refractivity (Wildman–Crippen MR) is 275 cm³/mol. The second-order valence-electron chi connectivity index (χ2n) is 20.5. The van der Waals surface area contributed by atoms with Gasteiger partial charge < -0.3 is 19.6 Å². The number of nitrogens with zero attached hydrogens (tertiary/aromatic N) is 4. The van der Waals surface area contributed by atoms with Crippen molar-refractivity contribution in [3.63, 3.8) is 0 Å². The minimum atomic E-state index is -0.243. The van der Waals surface area contributed by atoms with Crippen LogP contribution in [0.4, 0.5) is 17.1 Å². The third-order valence-electron chi connectivity index (χ3n) is 16.4. The third kappa shape index (κ3) is 7.02. The van der Waals surface area contributed by atoms with E-state index in [2.05, 4.69) is 216 Å². The van der Waals surface area contributed by atoms with E-state index in [-0.39, 0.29) is 11.1 Å². The largest absolute Gasteiger partial charge is 0.342 e. The molecule has 2 aliphatic heterocycles. The van der Waals surface area contributed by atoms with Crippen LogP contribution in [-0.4, -0.2) is 33.0 Å². The Morgan fingerprint density at radius 2 is 1.44 bits per heavy atom. The predicted octanol–water partition coefficient (Wildman–Crippen LogP) is 15.1. The lowest BCUT2D eigenvalue weighted by molar-refractivity contribution is 0.283. The van der Waals surface area contributed by atoms with Crippen molar-refractivity contribution in [2.75, 3.05) is 9.80 Å². The Kier molecular flexibility index (Phi) is 10.5. The van der Waals surface area contributed by atoms with E-state index >= 15 is 0 Å². The fraction of sp³-hybridized carbons (Fsp3) is 0.323. The zero-order valence-corrected chi connectivity index (χ0v) is 38.9. The van der Waals surface area contributed by atoms with Gasteiger partial charge in [-0.1, -0.05) is 128 Å². The van der Waals surface area contributed by atoms with E-state index in [0.29, 0.717) is 23.9 Å². The van der Waals surface area contributed by atoms with E-state index in [1.807, 2.05) is 0 Å². The lowest BCUT2D eigenvalue weighted by Gasteiger charge is -2.53. The molecule has 7 aliphatic carbocycles. The molecule has 0 N–H and O–H groups in total. The molecule has 0 saturated heterocycles. The van der Waals surface area contributed by atoms with Gasteiger partial charge in [0.1, 0.15) is 0 Å². The summed E-state index contributed by atoms with van der Waals surface area (Å²) in [4.78, 5) is 10.8. The molecule has 4 heteroatoms. The van der Waals surface area contributed by atoms with Crippen LogP contribution < -0.4 is 9.80 Å². The SMILES string of the molecule is CC1(N(C2=CC=C(C3=CC=C(N(C4=CCC5C(=C4)N(C4C=CC=CC4)C4=C5CCC=C4)C4CC=CCC4)CC3)CC2)c2ccccc2)C=CC2c3ccccc3N(c3ccccc3)C2(C)C1. The van der Waals surface area contributed by atoms with Crippen LogP contribution in [0, 0.1) is 5.92 Å². The van der Waals surface area contributed by atoms with Gasteiger partial charge in [-0.05, 0) is 168 Å². The first kappa shape index (κ1) is 41.2. The van der Waals surface area contributed by atoms with E-state index in [4.69, 9.17) is 0 Å². The number of anilines is 3. The average Bonchev–Trinajstić information content (AvgIpc) is 3.83. The fourth-order valence-electron chi connectivity index (χ4n) is 13.5. The molecule has 0 aromatic heterocycles. The Balaban J connectivity index is 0.846. The molecule has 0 spiro atoms. The third-order valence-corrected chi connectivity index (χ3v) is 16.4. The van der Waals surface area contributed by atoms with Crippen LogP contribution in [0.15, 0.2) is 227 Å². The van der Waals surface area contributed by atoms with Crippen LogP contribution in [0.2, 0.25) is 0 Å². The summed E-state index contributed by atoms with van der Waals surface area (Å²) >= 11 is 0. The van der Waals surface area contributed by atoms with Crippen molar-refractivity contribution in [2.45, 2.75) is 120 Å². The molecular weight excluding hydrogens is 801 g/mol. The van der Waals surface area contributed by atoms with Crippen molar-refractivity contribution in [3.05, 3.63) is 233 Å². The lowest BCUT2D eigenvalue weighted by Crippen LogP contribution is -2.57. The fourth-order valence-corrected chi connectivity index (χ4v) is 13.5. The summed E-state index contributed by atoms with van der Waals surface area (Å²) in [6.07, 6.45) is 52.2. The van der Waals surface area contributed by atoms with E-state index in [1.54, 1.807) is 5.57 Å². The number of fused-ring (bicyclic) bond motifs is 5. The molecule has 6 atom stereocenters. The van der Waals surface area contributed by atoms with E-state index < -0.39 is 0 Å². The van der Waals surface area contributed by atoms with Crippen molar-refractivity contribution < 1.29 is 0 Å². The minimum Gasteiger partial charge on any atom is -0.342 e. The van der Waals surface area contributed by atoms with Crippen molar-refractivity contribution >= 4 is 17.1 Å². The molecule has 3 aromatic rings. The Morgan fingerprint density at radius 3 is 2.18 bits per heavy atom. The topological polar surface area (TPSA) is 13.0 Å². The van der Waals surface area contributed by atoms with E-state index in [0.717, 1.165) is 64.2 Å². The van der Waals surface area contributed by atoms with Gasteiger partial charge in [0, 0.05) is 63.4 Å². The summed E-state index contributed by atoms with van der Waals surface area (Å²) in [5.74, 6) is 0.812. The standard InChI is InChI=1S/C62H64N4/c1-61(42-41-57-56-28-16-18-30-59(56)66(62(57,2)44-61)51-25-13-6-14-26-51)65(50-23-11-5-12-24-50)52-37-33-46(34-38-52)45-31-35-49(36-32-45)63(47-19-7-3-8-20-47)53-39-40-55-54-27-15-17-29-58(54)64(60(55)43-53)48-21-9-4-10-22-48/h3-7,9-14,16-18,21,23-26,28-31,33,35,37,39,41-43,47-48,55,57H,8,15,19-20,22,27,32,34,36,38,40,44H2,1-2H3. The second-order valence-corrected chi connectivity index (χ2v) is 20.5. The lowest BCUT2D eigenvalue weighted by atomic mass is 9.69. The molecule has 332 valence electrons. The molecule has 0 amide bonds. The maximum Gasteiger partial charge on any atom is 0.0625 e. The van der Waals surface area contributed by atoms with Crippen LogP contribution in [0.5, 0.6) is 0 Å². The van der Waals surface area contributed by atoms with Gasteiger partial charge in [-0.15, -0.1) is 0 Å². The summed E-state index contributed by atoms with van der Waals surface area (Å²) in [6, 6.07) is 32.2. The molecule has 0 bridgehead atoms. The smallest absolute Gasteiger partial charge is 0.0625 e. The minimum absolute atomic E-state index is 0.142. The summed E-state index contributed by atoms with van der Waals surface area (Å²) < 4.78 is 0. The van der Waals surface area contributed by atoms with Crippen LogP contribution >= 0.6 is 0 Å². The molecule has 6 unspecified atom stereocenters. The molecule has 9 aliphatic rings. The van der Waals surface area contributed by atoms with Crippen molar-refractivity contribution in [1.29, 1.82) is 0 Å². The Bertz CT molecular complexity index is 2780. The normalized spacial score (nSPS) is 29.5. The highest BCUT2D eigenvalue weighted by molar-refractivity contribution is 5.77. The van der Waals surface area contributed by atoms with Crippen molar-refractivity contribution in [1.82, 2.24) is 9.80 Å². The Hall–Kier alpha value is -6.26. The van der Waals surface area contributed by atoms with Gasteiger partial charge in [-0.2, -0.15) is 0 Å². The van der Waals surface area contributed by atoms with Crippen LogP contribution in [0.3, 0.4) is 0 Å². The summed E-state index contributed by atoms with van der Waals surface area (Å²) in [5, 5.41) is 0. The quantitative estimate of drug-likeness (QED) is 0.199. The van der Waals surface area contributed by atoms with Crippen LogP contribution in [0.25, 0.3) is 0 Å². The maximum absolute atomic E-state index is 2.78. The van der Waals surface area contributed by atoms with Crippen molar-refractivity contribution in [3.8, 4) is 0 Å². The molecule has 3 aromatic carbocycles. The zero-order valence-electron chi connectivity index (χ0n) is 38.9. The van der Waals surface area contributed by atoms with Crippen molar-refractivity contribution in [2.24, 2.45) is 5.92 Å². The molecular formula is C62H64N4. The van der Waals surface area contributed by atoms with Gasteiger partial charge in [0.2, 0.25) is 0 Å². The highest BCUT2D eigenvalue weighted by Crippen LogP contribution is 2.58. The van der Waals surface area contributed by atoms with Gasteiger partial charge >= 0.3 is 0 Å². The summed E-state index contributed by atoms with van der Waals surface area (Å²) in [5.41, 5.74) is 16.8. The number of para-hydroxylation sites is 3. The monoisotopic (exact) mass is 865 g/mol. The van der Waals surface area contributed by atoms with Gasteiger partial charge in [0.25, 0.3) is 0 Å². The highest BCUT2D eigenvalue weighted by Gasteiger charge is 2.54. The van der Waals surface area contributed by atoms with E-state index in [9.17, 15) is 0 Å². The number of hydrogen-bond donors (Lipinski definition) is 0. The summed E-state index contributed by atoms with van der Waals surface area (Å²) in [6.45, 7) is 4.98. The van der Waals surface area contributed by atoms with Gasteiger partial charge in [0.05, 0.1) is 17.1 Å². The van der Waals surface area contributed by atoms with E-state index in [1.165, 1.54) is 75.1 Å². The highest BCUT2D eigenvalue weighted by atomic mass is 15.3. The first-order valence-corrected chi connectivity index (χ1v) is 25.1. The zero-order chi connectivity index (χ0) is 44.2. The first-order chi connectivity index (χ1) is 32.5. The number of rotatable bonds is 9. The Labute approximate surface area is 393 Å². The Morgan fingerprint density at radius 1 is 0.667 bits per heavy atom. The number of hydrogen-bond acceptors (Lipinski definition) is 4. The number of benzene rings is 3. The molecule has 4 nitrogen and oxygen atoms in total. The van der Waals surface area contributed by atoms with Crippen LogP contribution in [0.1, 0.15) is 102 Å². The molecule has 2 heterocycles. The maximum atomic E-state index is 2.78. The molecule has 0 saturated carbocycles. The van der Waals surface area contributed by atoms with Gasteiger partial charge in [-0.25, -0.2) is 0 Å².